The Kier molecular flexibility index (Phi) is 5.34. The van der Waals surface area contributed by atoms with E-state index in [-0.39, 0.29) is 0 Å². The fourth-order valence-electron chi connectivity index (χ4n) is 4.04. The van der Waals surface area contributed by atoms with Crippen LogP contribution >= 0.6 is 0 Å². The van der Waals surface area contributed by atoms with Crippen molar-refractivity contribution in [3.63, 3.8) is 0 Å². The van der Waals surface area contributed by atoms with Gasteiger partial charge in [0.25, 0.3) is 0 Å². The van der Waals surface area contributed by atoms with Gasteiger partial charge in [0, 0.05) is 5.69 Å². The van der Waals surface area contributed by atoms with Crippen LogP contribution in [0.25, 0.3) is 0 Å². The second-order valence-electron chi connectivity index (χ2n) is 7.02. The molecular weight excluding hydrogens is 258 g/mol. The van der Waals surface area contributed by atoms with Crippen LogP contribution in [0.1, 0.15) is 75.2 Å². The molecular formula is C18H31N3. The van der Waals surface area contributed by atoms with E-state index in [9.17, 15) is 0 Å². The van der Waals surface area contributed by atoms with Crippen LogP contribution in [0.3, 0.4) is 0 Å². The lowest BCUT2D eigenvalue weighted by Crippen LogP contribution is -2.30. The van der Waals surface area contributed by atoms with Gasteiger partial charge in [-0.05, 0) is 71.1 Å². The van der Waals surface area contributed by atoms with E-state index in [4.69, 9.17) is 5.10 Å². The highest BCUT2D eigenvalue weighted by Crippen LogP contribution is 2.28. The summed E-state index contributed by atoms with van der Waals surface area (Å²) >= 11 is 0. The smallest absolute Gasteiger partial charge is 0.0628 e. The predicted molar refractivity (Wildman–Crippen MR) is 87.7 cm³/mol. The highest BCUT2D eigenvalue weighted by molar-refractivity contribution is 5.10. The minimum absolute atomic E-state index is 0.676. The summed E-state index contributed by atoms with van der Waals surface area (Å²) in [5, 5.41) is 4.91. The average Bonchev–Trinajstić information content (AvgIpc) is 2.90. The van der Waals surface area contributed by atoms with Crippen molar-refractivity contribution < 1.29 is 0 Å². The van der Waals surface area contributed by atoms with Crippen molar-refractivity contribution in [2.75, 3.05) is 19.6 Å². The van der Waals surface area contributed by atoms with Gasteiger partial charge in [0.15, 0.2) is 0 Å². The van der Waals surface area contributed by atoms with E-state index in [0.29, 0.717) is 6.04 Å². The SMILES string of the molecule is Cc1cc(CCCN2CCCCC2)nn1C1CCCCC1. The first-order valence-electron chi connectivity index (χ1n) is 9.10. The van der Waals surface area contributed by atoms with E-state index in [0.717, 1.165) is 6.42 Å². The van der Waals surface area contributed by atoms with Crippen LogP contribution < -0.4 is 0 Å². The molecule has 2 aliphatic rings. The molecule has 1 aromatic heterocycles. The van der Waals surface area contributed by atoms with Crippen LogP contribution in [0, 0.1) is 6.92 Å². The second kappa shape index (κ2) is 7.44. The molecule has 21 heavy (non-hydrogen) atoms. The van der Waals surface area contributed by atoms with E-state index in [1.807, 2.05) is 0 Å². The Morgan fingerprint density at radius 3 is 2.52 bits per heavy atom. The number of piperidine rings is 1. The molecule has 0 aromatic carbocycles. The lowest BCUT2D eigenvalue weighted by Gasteiger charge is -2.26. The van der Waals surface area contributed by atoms with Crippen LogP contribution in [0.2, 0.25) is 0 Å². The maximum absolute atomic E-state index is 4.91. The molecule has 0 radical (unpaired) electrons. The van der Waals surface area contributed by atoms with Crippen molar-refractivity contribution >= 4 is 0 Å². The van der Waals surface area contributed by atoms with E-state index < -0.39 is 0 Å². The van der Waals surface area contributed by atoms with Crippen molar-refractivity contribution in [2.45, 2.75) is 77.2 Å². The third kappa shape index (κ3) is 4.09. The van der Waals surface area contributed by atoms with Gasteiger partial charge in [-0.15, -0.1) is 0 Å². The van der Waals surface area contributed by atoms with E-state index in [1.54, 1.807) is 0 Å². The number of nitrogens with zero attached hydrogens (tertiary/aromatic N) is 3. The van der Waals surface area contributed by atoms with Gasteiger partial charge in [-0.2, -0.15) is 5.10 Å². The maximum Gasteiger partial charge on any atom is 0.0628 e. The highest BCUT2D eigenvalue weighted by Gasteiger charge is 2.18. The lowest BCUT2D eigenvalue weighted by atomic mass is 9.95. The van der Waals surface area contributed by atoms with E-state index >= 15 is 0 Å². The molecule has 0 bridgehead atoms. The maximum atomic E-state index is 4.91. The molecule has 1 saturated heterocycles. The van der Waals surface area contributed by atoms with Gasteiger partial charge in [0.05, 0.1) is 11.7 Å². The molecule has 3 rings (SSSR count). The largest absolute Gasteiger partial charge is 0.303 e. The summed E-state index contributed by atoms with van der Waals surface area (Å²) in [5.74, 6) is 0. The third-order valence-corrected chi connectivity index (χ3v) is 5.25. The standard InChI is InChI=1S/C18H31N3/c1-16-15-17(9-8-14-20-12-6-3-7-13-20)19-21(16)18-10-4-2-5-11-18/h15,18H,2-14H2,1H3. The number of hydrogen-bond acceptors (Lipinski definition) is 2. The summed E-state index contributed by atoms with van der Waals surface area (Å²) in [6.07, 6.45) is 13.5. The molecule has 1 aromatic rings. The van der Waals surface area contributed by atoms with Crippen molar-refractivity contribution in [3.05, 3.63) is 17.5 Å². The summed E-state index contributed by atoms with van der Waals surface area (Å²) in [4.78, 5) is 2.63. The van der Waals surface area contributed by atoms with Gasteiger partial charge < -0.3 is 4.90 Å². The molecule has 2 heterocycles. The van der Waals surface area contributed by atoms with Crippen LogP contribution in [0.15, 0.2) is 6.07 Å². The van der Waals surface area contributed by atoms with Crippen LogP contribution in [-0.2, 0) is 6.42 Å². The first-order chi connectivity index (χ1) is 10.3. The number of aromatic nitrogens is 2. The number of rotatable bonds is 5. The predicted octanol–water partition coefficient (Wildman–Crippen LogP) is 4.12. The monoisotopic (exact) mass is 289 g/mol. The first-order valence-corrected chi connectivity index (χ1v) is 9.10. The van der Waals surface area contributed by atoms with Crippen molar-refractivity contribution in [1.29, 1.82) is 0 Å². The Morgan fingerprint density at radius 1 is 1.05 bits per heavy atom. The molecule has 118 valence electrons. The van der Waals surface area contributed by atoms with Crippen LogP contribution in [0.4, 0.5) is 0 Å². The lowest BCUT2D eigenvalue weighted by molar-refractivity contribution is 0.226. The van der Waals surface area contributed by atoms with Gasteiger partial charge in [-0.25, -0.2) is 0 Å². The summed E-state index contributed by atoms with van der Waals surface area (Å²) < 4.78 is 2.33. The number of likely N-dealkylation sites (tertiary alicyclic amines) is 1. The summed E-state index contributed by atoms with van der Waals surface area (Å²) in [6.45, 7) is 6.12. The molecule has 1 aliphatic heterocycles. The van der Waals surface area contributed by atoms with Crippen LogP contribution in [-0.4, -0.2) is 34.3 Å². The zero-order valence-electron chi connectivity index (χ0n) is 13.7. The third-order valence-electron chi connectivity index (χ3n) is 5.25. The van der Waals surface area contributed by atoms with Gasteiger partial charge in [-0.1, -0.05) is 25.7 Å². The fraction of sp³-hybridized carbons (Fsp3) is 0.833. The van der Waals surface area contributed by atoms with Crippen LogP contribution in [0.5, 0.6) is 0 Å². The zero-order valence-corrected chi connectivity index (χ0v) is 13.7. The quantitative estimate of drug-likeness (QED) is 0.813. The van der Waals surface area contributed by atoms with E-state index in [2.05, 4.69) is 22.6 Å². The molecule has 0 atom stereocenters. The summed E-state index contributed by atoms with van der Waals surface area (Å²) in [7, 11) is 0. The highest BCUT2D eigenvalue weighted by atomic mass is 15.3. The van der Waals surface area contributed by atoms with Gasteiger partial charge >= 0.3 is 0 Å². The van der Waals surface area contributed by atoms with Gasteiger partial charge in [0.1, 0.15) is 0 Å². The summed E-state index contributed by atoms with van der Waals surface area (Å²) in [5.41, 5.74) is 2.69. The average molecular weight is 289 g/mol. The Bertz CT molecular complexity index is 426. The van der Waals surface area contributed by atoms with Crippen molar-refractivity contribution in [1.82, 2.24) is 14.7 Å². The summed E-state index contributed by atoms with van der Waals surface area (Å²) in [6, 6.07) is 3.00. The number of aryl methyl sites for hydroxylation is 2. The Labute approximate surface area is 129 Å². The first kappa shape index (κ1) is 15.1. The van der Waals surface area contributed by atoms with Crippen molar-refractivity contribution in [2.24, 2.45) is 0 Å². The Hall–Kier alpha value is -0.830. The molecule has 0 amide bonds. The molecule has 0 N–H and O–H groups in total. The molecule has 1 aliphatic carbocycles. The molecule has 0 unspecified atom stereocenters. The van der Waals surface area contributed by atoms with Crippen molar-refractivity contribution in [3.8, 4) is 0 Å². The van der Waals surface area contributed by atoms with Gasteiger partial charge in [-0.3, -0.25) is 4.68 Å². The number of hydrogen-bond donors (Lipinski definition) is 0. The zero-order chi connectivity index (χ0) is 14.5. The molecule has 3 nitrogen and oxygen atoms in total. The molecule has 1 saturated carbocycles. The molecule has 0 spiro atoms. The topological polar surface area (TPSA) is 21.1 Å². The molecule has 3 heteroatoms. The minimum atomic E-state index is 0.676. The fourth-order valence-corrected chi connectivity index (χ4v) is 4.04. The normalized spacial score (nSPS) is 21.8. The Balaban J connectivity index is 1.49. The molecule has 2 fully saturated rings. The van der Waals surface area contributed by atoms with Gasteiger partial charge in [0.2, 0.25) is 0 Å². The minimum Gasteiger partial charge on any atom is -0.303 e. The Morgan fingerprint density at radius 2 is 1.76 bits per heavy atom. The second-order valence-corrected chi connectivity index (χ2v) is 7.02. The van der Waals surface area contributed by atoms with E-state index in [1.165, 1.54) is 88.8 Å².